The van der Waals surface area contributed by atoms with Gasteiger partial charge in [-0.2, -0.15) is 0 Å². The van der Waals surface area contributed by atoms with Crippen LogP contribution in [0.25, 0.3) is 0 Å². The van der Waals surface area contributed by atoms with Crippen molar-refractivity contribution in [3.63, 3.8) is 0 Å². The molecule has 0 saturated carbocycles. The molecule has 0 aliphatic rings. The van der Waals surface area contributed by atoms with Crippen molar-refractivity contribution in [1.82, 2.24) is 0 Å². The van der Waals surface area contributed by atoms with Crippen molar-refractivity contribution < 1.29 is 9.50 Å². The predicted molar refractivity (Wildman–Crippen MR) is 51.1 cm³/mol. The fourth-order valence-corrected chi connectivity index (χ4v) is 1.60. The molecule has 2 heteroatoms. The maximum Gasteiger partial charge on any atom is 0.126 e. The lowest BCUT2D eigenvalue weighted by atomic mass is 9.91. The molecule has 0 aromatic heterocycles. The molecule has 13 heavy (non-hydrogen) atoms. The lowest BCUT2D eigenvalue weighted by molar-refractivity contribution is 0.158. The Bertz CT molecular complexity index is 271. The van der Waals surface area contributed by atoms with Crippen molar-refractivity contribution in [3.8, 4) is 0 Å². The molecule has 2 unspecified atom stereocenters. The Kier molecular flexibility index (Phi) is 3.43. The monoisotopic (exact) mass is 182 g/mol. The maximum atomic E-state index is 13.3. The predicted octanol–water partition coefficient (Wildman–Crippen LogP) is 2.70. The molecule has 1 aromatic carbocycles. The molecule has 0 amide bonds. The second-order valence-electron chi connectivity index (χ2n) is 3.28. The first-order chi connectivity index (χ1) is 6.16. The zero-order valence-corrected chi connectivity index (χ0v) is 8.00. The Balaban J connectivity index is 2.97. The minimum atomic E-state index is -0.498. The van der Waals surface area contributed by atoms with Gasteiger partial charge in [0.15, 0.2) is 0 Å². The summed E-state index contributed by atoms with van der Waals surface area (Å²) in [5, 5.41) is 9.42. The molecule has 1 rings (SSSR count). The average molecular weight is 182 g/mol. The lowest BCUT2D eigenvalue weighted by Gasteiger charge is -2.18. The van der Waals surface area contributed by atoms with E-state index < -0.39 is 6.10 Å². The van der Waals surface area contributed by atoms with E-state index in [2.05, 4.69) is 0 Å². The van der Waals surface area contributed by atoms with Crippen LogP contribution >= 0.6 is 0 Å². The van der Waals surface area contributed by atoms with Crippen LogP contribution in [-0.2, 0) is 0 Å². The molecule has 1 aromatic rings. The third-order valence-corrected chi connectivity index (χ3v) is 2.33. The Morgan fingerprint density at radius 1 is 1.38 bits per heavy atom. The van der Waals surface area contributed by atoms with E-state index in [1.54, 1.807) is 25.1 Å². The van der Waals surface area contributed by atoms with E-state index in [-0.39, 0.29) is 11.7 Å². The van der Waals surface area contributed by atoms with E-state index in [0.29, 0.717) is 5.56 Å². The van der Waals surface area contributed by atoms with Gasteiger partial charge in [-0.25, -0.2) is 4.39 Å². The second-order valence-corrected chi connectivity index (χ2v) is 3.28. The summed E-state index contributed by atoms with van der Waals surface area (Å²) in [5.41, 5.74) is 0.611. The van der Waals surface area contributed by atoms with Crippen LogP contribution in [0.3, 0.4) is 0 Å². The highest BCUT2D eigenvalue weighted by Gasteiger charge is 2.17. The molecule has 0 spiro atoms. The largest absolute Gasteiger partial charge is 0.393 e. The van der Waals surface area contributed by atoms with E-state index in [4.69, 9.17) is 0 Å². The van der Waals surface area contributed by atoms with Crippen molar-refractivity contribution in [2.24, 2.45) is 0 Å². The number of aliphatic hydroxyl groups is 1. The normalized spacial score (nSPS) is 15.4. The number of aliphatic hydroxyl groups excluding tert-OH is 1. The zero-order chi connectivity index (χ0) is 9.84. The van der Waals surface area contributed by atoms with Gasteiger partial charge in [0.25, 0.3) is 0 Å². The molecule has 2 atom stereocenters. The van der Waals surface area contributed by atoms with Crippen LogP contribution in [0.2, 0.25) is 0 Å². The van der Waals surface area contributed by atoms with Crippen molar-refractivity contribution in [2.75, 3.05) is 0 Å². The van der Waals surface area contributed by atoms with Crippen molar-refractivity contribution in [1.29, 1.82) is 0 Å². The van der Waals surface area contributed by atoms with Gasteiger partial charge in [-0.1, -0.05) is 25.1 Å². The van der Waals surface area contributed by atoms with Crippen LogP contribution in [0, 0.1) is 5.82 Å². The minimum absolute atomic E-state index is 0.0961. The molecule has 1 N–H and O–H groups in total. The third-order valence-electron chi connectivity index (χ3n) is 2.33. The number of hydrogen-bond donors (Lipinski definition) is 1. The number of benzene rings is 1. The first-order valence-electron chi connectivity index (χ1n) is 4.59. The highest BCUT2D eigenvalue weighted by atomic mass is 19.1. The molecule has 0 heterocycles. The molecule has 0 saturated heterocycles. The first-order valence-corrected chi connectivity index (χ1v) is 4.59. The minimum Gasteiger partial charge on any atom is -0.393 e. The SMILES string of the molecule is CCC(c1ccccc1F)C(C)O. The Hall–Kier alpha value is -0.890. The standard InChI is InChI=1S/C11H15FO/c1-3-9(8(2)13)10-6-4-5-7-11(10)12/h4-9,13H,3H2,1-2H3. The molecule has 0 bridgehead atoms. The molecule has 0 fully saturated rings. The zero-order valence-electron chi connectivity index (χ0n) is 8.00. The lowest BCUT2D eigenvalue weighted by Crippen LogP contribution is -2.14. The molecule has 1 nitrogen and oxygen atoms in total. The van der Waals surface area contributed by atoms with Crippen LogP contribution < -0.4 is 0 Å². The van der Waals surface area contributed by atoms with Crippen molar-refractivity contribution >= 4 is 0 Å². The summed E-state index contributed by atoms with van der Waals surface area (Å²) in [7, 11) is 0. The van der Waals surface area contributed by atoms with Crippen LogP contribution in [0.1, 0.15) is 31.7 Å². The number of halogens is 1. The number of rotatable bonds is 3. The summed E-state index contributed by atoms with van der Waals surface area (Å²) in [6, 6.07) is 6.62. The smallest absolute Gasteiger partial charge is 0.126 e. The molecular formula is C11H15FO. The average Bonchev–Trinajstić information content (AvgIpc) is 2.09. The fourth-order valence-electron chi connectivity index (χ4n) is 1.60. The third kappa shape index (κ3) is 2.28. The second kappa shape index (κ2) is 4.38. The number of hydrogen-bond acceptors (Lipinski definition) is 1. The van der Waals surface area contributed by atoms with Gasteiger partial charge in [-0.15, -0.1) is 0 Å². The van der Waals surface area contributed by atoms with Gasteiger partial charge in [0.2, 0.25) is 0 Å². The van der Waals surface area contributed by atoms with E-state index in [1.807, 2.05) is 6.92 Å². The molecular weight excluding hydrogens is 167 g/mol. The highest BCUT2D eigenvalue weighted by molar-refractivity contribution is 5.22. The van der Waals surface area contributed by atoms with Crippen LogP contribution in [-0.4, -0.2) is 11.2 Å². The van der Waals surface area contributed by atoms with Crippen LogP contribution in [0.4, 0.5) is 4.39 Å². The van der Waals surface area contributed by atoms with Crippen molar-refractivity contribution in [3.05, 3.63) is 35.6 Å². The summed E-state index contributed by atoms with van der Waals surface area (Å²) in [4.78, 5) is 0. The summed E-state index contributed by atoms with van der Waals surface area (Å²) >= 11 is 0. The van der Waals surface area contributed by atoms with Crippen molar-refractivity contribution in [2.45, 2.75) is 32.3 Å². The summed E-state index contributed by atoms with van der Waals surface area (Å²) in [5.74, 6) is -0.323. The quantitative estimate of drug-likeness (QED) is 0.762. The Morgan fingerprint density at radius 2 is 2.00 bits per heavy atom. The summed E-state index contributed by atoms with van der Waals surface area (Å²) in [6.45, 7) is 3.64. The molecule has 0 aliphatic heterocycles. The van der Waals surface area contributed by atoms with E-state index >= 15 is 0 Å². The topological polar surface area (TPSA) is 20.2 Å². The summed E-state index contributed by atoms with van der Waals surface area (Å²) < 4.78 is 13.3. The van der Waals surface area contributed by atoms with Gasteiger partial charge in [0.1, 0.15) is 5.82 Å². The first kappa shape index (κ1) is 10.2. The van der Waals surface area contributed by atoms with E-state index in [1.165, 1.54) is 6.07 Å². The summed E-state index contributed by atoms with van der Waals surface area (Å²) in [6.07, 6.45) is 0.250. The molecule has 0 aliphatic carbocycles. The Labute approximate surface area is 78.2 Å². The van der Waals surface area contributed by atoms with E-state index in [9.17, 15) is 9.50 Å². The molecule has 72 valence electrons. The van der Waals surface area contributed by atoms with Gasteiger partial charge in [-0.05, 0) is 25.0 Å². The maximum absolute atomic E-state index is 13.3. The fraction of sp³-hybridized carbons (Fsp3) is 0.455. The highest BCUT2D eigenvalue weighted by Crippen LogP contribution is 2.25. The van der Waals surface area contributed by atoms with Gasteiger partial charge in [0.05, 0.1) is 6.10 Å². The van der Waals surface area contributed by atoms with Gasteiger partial charge >= 0.3 is 0 Å². The Morgan fingerprint density at radius 3 is 2.46 bits per heavy atom. The van der Waals surface area contributed by atoms with Gasteiger partial charge < -0.3 is 5.11 Å². The van der Waals surface area contributed by atoms with Gasteiger partial charge in [-0.3, -0.25) is 0 Å². The van der Waals surface area contributed by atoms with Gasteiger partial charge in [0, 0.05) is 5.92 Å². The van der Waals surface area contributed by atoms with E-state index in [0.717, 1.165) is 6.42 Å². The van der Waals surface area contributed by atoms with Crippen LogP contribution in [0.5, 0.6) is 0 Å². The molecule has 0 radical (unpaired) electrons. The van der Waals surface area contributed by atoms with Crippen LogP contribution in [0.15, 0.2) is 24.3 Å².